The van der Waals surface area contributed by atoms with Crippen LogP contribution in [0.2, 0.25) is 0 Å². The summed E-state index contributed by atoms with van der Waals surface area (Å²) in [5, 5.41) is 12.9. The molecule has 4 aromatic heterocycles. The lowest BCUT2D eigenvalue weighted by molar-refractivity contribution is 0.101. The Morgan fingerprint density at radius 2 is 1.84 bits per heavy atom. The van der Waals surface area contributed by atoms with Crippen molar-refractivity contribution in [3.05, 3.63) is 71.6 Å². The van der Waals surface area contributed by atoms with E-state index in [0.717, 1.165) is 16.9 Å². The zero-order valence-corrected chi connectivity index (χ0v) is 21.7. The highest BCUT2D eigenvalue weighted by atomic mass is 32.1. The third-order valence-electron chi connectivity index (χ3n) is 5.25. The Hall–Kier alpha value is -4.07. The largest absolute Gasteiger partial charge is 0.382 e. The number of aromatic nitrogens is 6. The van der Waals surface area contributed by atoms with E-state index in [1.165, 1.54) is 16.3 Å². The molecule has 5 aromatic rings. The van der Waals surface area contributed by atoms with Gasteiger partial charge in [-0.15, -0.1) is 16.4 Å². The van der Waals surface area contributed by atoms with E-state index in [2.05, 4.69) is 35.0 Å². The molecule has 0 saturated carbocycles. The van der Waals surface area contributed by atoms with Gasteiger partial charge in [0, 0.05) is 50.2 Å². The molecule has 0 bridgehead atoms. The number of halogens is 2. The number of ether oxygens (including phenoxy) is 2. The van der Waals surface area contributed by atoms with Gasteiger partial charge in [-0.3, -0.25) is 9.48 Å². The highest BCUT2D eigenvalue weighted by Crippen LogP contribution is 2.30. The number of hydrogen-bond acceptors (Lipinski definition) is 8. The van der Waals surface area contributed by atoms with Gasteiger partial charge in [-0.25, -0.2) is 23.3 Å². The second-order valence-electron chi connectivity index (χ2n) is 7.87. The van der Waals surface area contributed by atoms with Crippen molar-refractivity contribution in [1.29, 1.82) is 0 Å². The molecule has 0 saturated heterocycles. The minimum absolute atomic E-state index is 0.214. The molecular formula is C25H25F2N7O3S. The van der Waals surface area contributed by atoms with E-state index in [1.54, 1.807) is 44.1 Å². The number of thiazole rings is 1. The summed E-state index contributed by atoms with van der Waals surface area (Å²) in [6, 6.07) is 13.0. The number of carbonyl (C=O) groups is 1. The smallest absolute Gasteiger partial charge is 0.281 e. The highest BCUT2D eigenvalue weighted by Gasteiger charge is 2.22. The van der Waals surface area contributed by atoms with Gasteiger partial charge in [0.05, 0.1) is 25.0 Å². The van der Waals surface area contributed by atoms with Crippen LogP contribution in [0, 0.1) is 0 Å². The molecule has 0 aliphatic carbocycles. The number of alkyl halides is 2. The van der Waals surface area contributed by atoms with Gasteiger partial charge in [-0.1, -0.05) is 30.3 Å². The van der Waals surface area contributed by atoms with Crippen LogP contribution in [-0.4, -0.2) is 62.7 Å². The second-order valence-corrected chi connectivity index (χ2v) is 8.73. The fraction of sp³-hybridized carbons (Fsp3) is 0.240. The number of nitrogens with zero attached hydrogens (tertiary/aromatic N) is 6. The average molecular weight is 542 g/mol. The van der Waals surface area contributed by atoms with Crippen molar-refractivity contribution in [3.63, 3.8) is 0 Å². The molecule has 198 valence electrons. The third kappa shape index (κ3) is 6.25. The number of hydrogen-bond donors (Lipinski definition) is 1. The predicted molar refractivity (Wildman–Crippen MR) is 139 cm³/mol. The molecule has 4 heterocycles. The topological polar surface area (TPSA) is 108 Å². The van der Waals surface area contributed by atoms with Gasteiger partial charge in [0.25, 0.3) is 12.3 Å². The van der Waals surface area contributed by atoms with Gasteiger partial charge in [0.1, 0.15) is 16.4 Å². The molecule has 0 aliphatic rings. The van der Waals surface area contributed by atoms with E-state index in [1.807, 2.05) is 30.3 Å². The first-order chi connectivity index (χ1) is 18.4. The summed E-state index contributed by atoms with van der Waals surface area (Å²) in [6.45, 7) is 1.38. The summed E-state index contributed by atoms with van der Waals surface area (Å²) in [5.41, 5.74) is 2.23. The van der Waals surface area contributed by atoms with Gasteiger partial charge in [-0.05, 0) is 6.07 Å². The van der Waals surface area contributed by atoms with Crippen LogP contribution >= 0.6 is 11.3 Å². The molecular weight excluding hydrogens is 516 g/mol. The minimum atomic E-state index is -2.68. The summed E-state index contributed by atoms with van der Waals surface area (Å²) in [4.78, 5) is 21.5. The Morgan fingerprint density at radius 1 is 1.11 bits per heavy atom. The van der Waals surface area contributed by atoms with Crippen LogP contribution in [0.15, 0.2) is 60.2 Å². The summed E-state index contributed by atoms with van der Waals surface area (Å²) >= 11 is 1.04. The Kier molecular flexibility index (Phi) is 8.84. The third-order valence-corrected chi connectivity index (χ3v) is 6.14. The van der Waals surface area contributed by atoms with E-state index in [-0.39, 0.29) is 11.4 Å². The Morgan fingerprint density at radius 3 is 2.50 bits per heavy atom. The van der Waals surface area contributed by atoms with Crippen molar-refractivity contribution in [1.82, 2.24) is 29.4 Å². The van der Waals surface area contributed by atoms with Gasteiger partial charge in [0.15, 0.2) is 11.5 Å². The fourth-order valence-electron chi connectivity index (χ4n) is 3.40. The van der Waals surface area contributed by atoms with Crippen LogP contribution in [-0.2, 0) is 16.5 Å². The SMILES string of the molecule is COCCOC.Cn1ncc(-c2nc(C(F)F)cs2)c1C(=O)Nc1ccn2nc(-c3ccccc3)nc2c1. The number of rotatable bonds is 8. The molecule has 1 aromatic carbocycles. The molecule has 0 fully saturated rings. The van der Waals surface area contributed by atoms with Gasteiger partial charge in [-0.2, -0.15) is 5.10 Å². The molecule has 13 heteroatoms. The summed E-state index contributed by atoms with van der Waals surface area (Å²) in [5.74, 6) is 0.127. The van der Waals surface area contributed by atoms with Gasteiger partial charge >= 0.3 is 0 Å². The van der Waals surface area contributed by atoms with Crippen molar-refractivity contribution < 1.29 is 23.0 Å². The standard InChI is InChI=1S/C21H15F2N7OS.C4H10O2/c1-29-17(14(10-24-29)21-26-15(11-32-21)18(22)23)20(31)25-13-7-8-30-16(9-13)27-19(28-30)12-5-3-2-4-6-12;1-5-3-4-6-2/h2-11,18H,1H3,(H,25,31);3-4H2,1-2H3. The Bertz CT molecular complexity index is 1500. The van der Waals surface area contributed by atoms with Crippen molar-refractivity contribution in [3.8, 4) is 22.0 Å². The number of nitrogens with one attached hydrogen (secondary N) is 1. The van der Waals surface area contributed by atoms with Crippen molar-refractivity contribution >= 4 is 28.6 Å². The highest BCUT2D eigenvalue weighted by molar-refractivity contribution is 7.13. The van der Waals surface area contributed by atoms with E-state index in [9.17, 15) is 13.6 Å². The first-order valence-electron chi connectivity index (χ1n) is 11.4. The average Bonchev–Trinajstić information content (AvgIpc) is 3.66. The van der Waals surface area contributed by atoms with Crippen LogP contribution in [0.5, 0.6) is 0 Å². The van der Waals surface area contributed by atoms with Gasteiger partial charge < -0.3 is 14.8 Å². The number of methoxy groups -OCH3 is 2. The lowest BCUT2D eigenvalue weighted by Crippen LogP contribution is -2.17. The van der Waals surface area contributed by atoms with Gasteiger partial charge in [0.2, 0.25) is 0 Å². The Balaban J connectivity index is 0.000000505. The van der Waals surface area contributed by atoms with E-state index < -0.39 is 12.3 Å². The molecule has 10 nitrogen and oxygen atoms in total. The number of aryl methyl sites for hydroxylation is 1. The normalized spacial score (nSPS) is 11.0. The van der Waals surface area contributed by atoms with E-state index >= 15 is 0 Å². The summed E-state index contributed by atoms with van der Waals surface area (Å²) in [6.07, 6.45) is 0.464. The molecule has 0 unspecified atom stereocenters. The molecule has 0 spiro atoms. The number of anilines is 1. The maximum atomic E-state index is 13.0. The second kappa shape index (κ2) is 12.4. The molecule has 1 amide bonds. The number of amides is 1. The molecule has 1 N–H and O–H groups in total. The zero-order valence-electron chi connectivity index (χ0n) is 20.8. The first-order valence-corrected chi connectivity index (χ1v) is 12.3. The Labute approximate surface area is 220 Å². The lowest BCUT2D eigenvalue weighted by atomic mass is 10.2. The minimum Gasteiger partial charge on any atom is -0.382 e. The van der Waals surface area contributed by atoms with Crippen molar-refractivity contribution in [2.24, 2.45) is 7.05 Å². The van der Waals surface area contributed by atoms with Crippen LogP contribution in [0.1, 0.15) is 22.6 Å². The number of benzene rings is 1. The fourth-order valence-corrected chi connectivity index (χ4v) is 4.22. The molecule has 38 heavy (non-hydrogen) atoms. The lowest BCUT2D eigenvalue weighted by Gasteiger charge is -2.07. The summed E-state index contributed by atoms with van der Waals surface area (Å²) < 4.78 is 38.2. The van der Waals surface area contributed by atoms with Crippen LogP contribution in [0.4, 0.5) is 14.5 Å². The van der Waals surface area contributed by atoms with Crippen molar-refractivity contribution in [2.45, 2.75) is 6.43 Å². The molecule has 0 radical (unpaired) electrons. The number of fused-ring (bicyclic) bond motifs is 1. The maximum absolute atomic E-state index is 13.0. The quantitative estimate of drug-likeness (QED) is 0.283. The molecule has 5 rings (SSSR count). The first kappa shape index (κ1) is 27.0. The van der Waals surface area contributed by atoms with E-state index in [0.29, 0.717) is 40.9 Å². The predicted octanol–water partition coefficient (Wildman–Crippen LogP) is 4.72. The maximum Gasteiger partial charge on any atom is 0.281 e. The molecule has 0 aliphatic heterocycles. The monoisotopic (exact) mass is 541 g/mol. The zero-order chi connectivity index (χ0) is 27.1. The van der Waals surface area contributed by atoms with E-state index in [4.69, 9.17) is 0 Å². The van der Waals surface area contributed by atoms with Crippen LogP contribution in [0.25, 0.3) is 27.6 Å². The summed E-state index contributed by atoms with van der Waals surface area (Å²) in [7, 11) is 4.91. The van der Waals surface area contributed by atoms with Crippen LogP contribution in [0.3, 0.4) is 0 Å². The number of pyridine rings is 1. The van der Waals surface area contributed by atoms with Crippen molar-refractivity contribution in [2.75, 3.05) is 32.8 Å². The number of carbonyl (C=O) groups excluding carboxylic acids is 1. The van der Waals surface area contributed by atoms with Crippen LogP contribution < -0.4 is 5.32 Å². The molecule has 0 atom stereocenters.